The second kappa shape index (κ2) is 7.06. The van der Waals surface area contributed by atoms with Crippen molar-refractivity contribution in [1.29, 1.82) is 0 Å². The highest BCUT2D eigenvalue weighted by Crippen LogP contribution is 2.23. The molecule has 1 atom stereocenters. The van der Waals surface area contributed by atoms with E-state index in [1.54, 1.807) is 11.1 Å². The monoisotopic (exact) mass is 316 g/mol. The van der Waals surface area contributed by atoms with Gasteiger partial charge < -0.3 is 9.80 Å². The second-order valence-electron chi connectivity index (χ2n) is 6.69. The van der Waals surface area contributed by atoms with Gasteiger partial charge >= 0.3 is 0 Å². The van der Waals surface area contributed by atoms with Gasteiger partial charge in [-0.05, 0) is 31.6 Å². The molecule has 2 aliphatic heterocycles. The zero-order valence-electron chi connectivity index (χ0n) is 13.6. The molecular weight excluding hydrogens is 292 g/mol. The lowest BCUT2D eigenvalue weighted by Gasteiger charge is -2.37. The molecule has 1 aromatic rings. The summed E-state index contributed by atoms with van der Waals surface area (Å²) >= 11 is 0. The Hall–Kier alpha value is -1.98. The van der Waals surface area contributed by atoms with Crippen molar-refractivity contribution >= 4 is 11.8 Å². The van der Waals surface area contributed by atoms with Crippen LogP contribution in [0.1, 0.15) is 43.1 Å². The first-order chi connectivity index (χ1) is 11.1. The van der Waals surface area contributed by atoms with Gasteiger partial charge in [-0.3, -0.25) is 14.6 Å². The van der Waals surface area contributed by atoms with Gasteiger partial charge in [0.2, 0.25) is 5.91 Å². The molecule has 3 rings (SSSR count). The molecule has 0 radical (unpaired) electrons. The number of hydrogen-bond donors (Lipinski definition) is 0. The van der Waals surface area contributed by atoms with Crippen LogP contribution in [0.2, 0.25) is 0 Å². The number of carbonyl (C=O) groups is 2. The van der Waals surface area contributed by atoms with Gasteiger partial charge in [0.15, 0.2) is 0 Å². The van der Waals surface area contributed by atoms with E-state index < -0.39 is 0 Å². The van der Waals surface area contributed by atoms with Gasteiger partial charge in [0, 0.05) is 38.6 Å². The fourth-order valence-electron chi connectivity index (χ4n) is 3.42. The lowest BCUT2D eigenvalue weighted by atomic mass is 9.93. The predicted octanol–water partition coefficient (Wildman–Crippen LogP) is 1.59. The fraction of sp³-hybridized carbons (Fsp3) is 0.647. The highest BCUT2D eigenvalue weighted by Gasteiger charge is 2.32. The molecule has 0 unspecified atom stereocenters. The Morgan fingerprint density at radius 2 is 1.87 bits per heavy atom. The van der Waals surface area contributed by atoms with Gasteiger partial charge in [-0.15, -0.1) is 0 Å². The Morgan fingerprint density at radius 1 is 1.09 bits per heavy atom. The SMILES string of the molecule is CC1CCN(C(=O)[C@H]2CCCN(C(=O)c3cnccn3)C2)CC1. The van der Waals surface area contributed by atoms with Gasteiger partial charge in [-0.2, -0.15) is 0 Å². The van der Waals surface area contributed by atoms with E-state index >= 15 is 0 Å². The molecule has 0 aliphatic carbocycles. The summed E-state index contributed by atoms with van der Waals surface area (Å²) < 4.78 is 0. The number of piperidine rings is 2. The highest BCUT2D eigenvalue weighted by atomic mass is 16.2. The fourth-order valence-corrected chi connectivity index (χ4v) is 3.42. The molecule has 1 aromatic heterocycles. The van der Waals surface area contributed by atoms with Gasteiger partial charge in [0.1, 0.15) is 5.69 Å². The van der Waals surface area contributed by atoms with E-state index in [0.717, 1.165) is 38.8 Å². The summed E-state index contributed by atoms with van der Waals surface area (Å²) in [6.45, 7) is 5.14. The van der Waals surface area contributed by atoms with E-state index in [4.69, 9.17) is 0 Å². The summed E-state index contributed by atoms with van der Waals surface area (Å²) in [7, 11) is 0. The van der Waals surface area contributed by atoms with Crippen molar-refractivity contribution in [1.82, 2.24) is 19.8 Å². The van der Waals surface area contributed by atoms with Crippen molar-refractivity contribution in [2.75, 3.05) is 26.2 Å². The summed E-state index contributed by atoms with van der Waals surface area (Å²) in [4.78, 5) is 37.0. The quantitative estimate of drug-likeness (QED) is 0.831. The van der Waals surface area contributed by atoms with E-state index in [0.29, 0.717) is 24.7 Å². The number of amides is 2. The molecule has 0 N–H and O–H groups in total. The normalized spacial score (nSPS) is 22.9. The van der Waals surface area contributed by atoms with Crippen LogP contribution in [0.4, 0.5) is 0 Å². The zero-order valence-corrected chi connectivity index (χ0v) is 13.6. The van der Waals surface area contributed by atoms with Gasteiger partial charge in [0.05, 0.1) is 12.1 Å². The zero-order chi connectivity index (χ0) is 16.2. The van der Waals surface area contributed by atoms with Crippen molar-refractivity contribution in [3.8, 4) is 0 Å². The van der Waals surface area contributed by atoms with E-state index in [2.05, 4.69) is 16.9 Å². The third kappa shape index (κ3) is 3.68. The minimum atomic E-state index is -0.122. The first kappa shape index (κ1) is 15.9. The largest absolute Gasteiger partial charge is 0.342 e. The lowest BCUT2D eigenvalue weighted by Crippen LogP contribution is -2.48. The summed E-state index contributed by atoms with van der Waals surface area (Å²) in [5.41, 5.74) is 0.354. The average Bonchev–Trinajstić information content (AvgIpc) is 2.62. The van der Waals surface area contributed by atoms with Crippen LogP contribution in [0.25, 0.3) is 0 Å². The Kier molecular flexibility index (Phi) is 4.88. The van der Waals surface area contributed by atoms with Crippen LogP contribution >= 0.6 is 0 Å². The Morgan fingerprint density at radius 3 is 2.57 bits per heavy atom. The maximum atomic E-state index is 12.7. The van der Waals surface area contributed by atoms with E-state index in [-0.39, 0.29) is 17.7 Å². The van der Waals surface area contributed by atoms with Crippen LogP contribution in [-0.2, 0) is 4.79 Å². The predicted molar refractivity (Wildman–Crippen MR) is 85.6 cm³/mol. The molecule has 3 heterocycles. The van der Waals surface area contributed by atoms with Gasteiger partial charge in [-0.1, -0.05) is 6.92 Å². The Bertz CT molecular complexity index is 555. The average molecular weight is 316 g/mol. The molecule has 2 fully saturated rings. The number of aromatic nitrogens is 2. The van der Waals surface area contributed by atoms with E-state index in [1.165, 1.54) is 12.4 Å². The van der Waals surface area contributed by atoms with Crippen molar-refractivity contribution in [3.63, 3.8) is 0 Å². The van der Waals surface area contributed by atoms with Gasteiger partial charge in [-0.25, -0.2) is 4.98 Å². The minimum Gasteiger partial charge on any atom is -0.342 e. The standard InChI is InChI=1S/C17H24N4O2/c1-13-4-9-20(10-5-13)16(22)14-3-2-8-21(12-14)17(23)15-11-18-6-7-19-15/h6-7,11,13-14H,2-5,8-10,12H2,1H3/t14-/m0/s1. The van der Waals surface area contributed by atoms with Crippen LogP contribution in [0, 0.1) is 11.8 Å². The molecule has 0 saturated carbocycles. The molecular formula is C17H24N4O2. The van der Waals surface area contributed by atoms with E-state index in [9.17, 15) is 9.59 Å². The highest BCUT2D eigenvalue weighted by molar-refractivity contribution is 5.92. The minimum absolute atomic E-state index is 0.0715. The van der Waals surface area contributed by atoms with Crippen LogP contribution in [0.5, 0.6) is 0 Å². The van der Waals surface area contributed by atoms with Crippen LogP contribution < -0.4 is 0 Å². The number of rotatable bonds is 2. The number of carbonyl (C=O) groups excluding carboxylic acids is 2. The second-order valence-corrected chi connectivity index (χ2v) is 6.69. The summed E-state index contributed by atoms with van der Waals surface area (Å²) in [5, 5.41) is 0. The van der Waals surface area contributed by atoms with Crippen molar-refractivity contribution in [3.05, 3.63) is 24.3 Å². The number of nitrogens with zero attached hydrogens (tertiary/aromatic N) is 4. The smallest absolute Gasteiger partial charge is 0.274 e. The summed E-state index contributed by atoms with van der Waals surface area (Å²) in [6.07, 6.45) is 8.47. The molecule has 0 spiro atoms. The summed E-state index contributed by atoms with van der Waals surface area (Å²) in [6, 6.07) is 0. The van der Waals surface area contributed by atoms with Crippen molar-refractivity contribution in [2.45, 2.75) is 32.6 Å². The molecule has 2 aliphatic rings. The third-order valence-electron chi connectivity index (χ3n) is 4.94. The Balaban J connectivity index is 1.62. The molecule has 124 valence electrons. The lowest BCUT2D eigenvalue weighted by molar-refractivity contribution is -0.138. The maximum absolute atomic E-state index is 12.7. The van der Waals surface area contributed by atoms with E-state index in [1.807, 2.05) is 4.90 Å². The third-order valence-corrected chi connectivity index (χ3v) is 4.94. The molecule has 6 heteroatoms. The molecule has 6 nitrogen and oxygen atoms in total. The molecule has 0 bridgehead atoms. The molecule has 2 amide bonds. The Labute approximate surface area is 136 Å². The van der Waals surface area contributed by atoms with Crippen molar-refractivity contribution < 1.29 is 9.59 Å². The first-order valence-corrected chi connectivity index (χ1v) is 8.49. The topological polar surface area (TPSA) is 66.4 Å². The van der Waals surface area contributed by atoms with Crippen molar-refractivity contribution in [2.24, 2.45) is 11.8 Å². The maximum Gasteiger partial charge on any atom is 0.274 e. The molecule has 0 aromatic carbocycles. The summed E-state index contributed by atoms with van der Waals surface area (Å²) in [5.74, 6) is 0.731. The van der Waals surface area contributed by atoms with Crippen LogP contribution in [0.3, 0.4) is 0 Å². The molecule has 23 heavy (non-hydrogen) atoms. The van der Waals surface area contributed by atoms with Gasteiger partial charge in [0.25, 0.3) is 5.91 Å². The molecule has 2 saturated heterocycles. The number of likely N-dealkylation sites (tertiary alicyclic amines) is 2. The number of hydrogen-bond acceptors (Lipinski definition) is 4. The van der Waals surface area contributed by atoms with Crippen LogP contribution in [-0.4, -0.2) is 57.8 Å². The van der Waals surface area contributed by atoms with Crippen LogP contribution in [0.15, 0.2) is 18.6 Å². The first-order valence-electron chi connectivity index (χ1n) is 8.49.